The minimum absolute atomic E-state index is 0.0887. The highest BCUT2D eigenvalue weighted by atomic mass is 16.5. The third-order valence-corrected chi connectivity index (χ3v) is 4.79. The van der Waals surface area contributed by atoms with Crippen LogP contribution >= 0.6 is 0 Å². The zero-order valence-corrected chi connectivity index (χ0v) is 16.6. The van der Waals surface area contributed by atoms with E-state index in [-0.39, 0.29) is 23.5 Å². The largest absolute Gasteiger partial charge is 0.545 e. The molecule has 31 heavy (non-hydrogen) atoms. The number of aromatic nitrogens is 2. The van der Waals surface area contributed by atoms with E-state index in [1.54, 1.807) is 30.3 Å². The third kappa shape index (κ3) is 4.33. The van der Waals surface area contributed by atoms with Gasteiger partial charge in [0.1, 0.15) is 12.4 Å². The molecule has 0 atom stereocenters. The molecule has 0 aliphatic heterocycles. The highest BCUT2D eigenvalue weighted by Gasteiger charge is 2.08. The molecule has 154 valence electrons. The van der Waals surface area contributed by atoms with Gasteiger partial charge in [-0.2, -0.15) is 0 Å². The molecule has 1 heterocycles. The Kier molecular flexibility index (Phi) is 5.53. The van der Waals surface area contributed by atoms with Gasteiger partial charge in [0.2, 0.25) is 0 Å². The molecule has 3 aromatic carbocycles. The fourth-order valence-electron chi connectivity index (χ4n) is 3.23. The van der Waals surface area contributed by atoms with Crippen LogP contribution in [0, 0.1) is 0 Å². The normalized spacial score (nSPS) is 11.4. The molecule has 6 heteroatoms. The number of ether oxygens (including phenoxy) is 1. The third-order valence-electron chi connectivity index (χ3n) is 4.79. The molecule has 0 aliphatic rings. The second-order valence-corrected chi connectivity index (χ2v) is 6.94. The number of H-pyrrole nitrogens is 1. The van der Waals surface area contributed by atoms with E-state index in [1.165, 1.54) is 10.7 Å². The lowest BCUT2D eigenvalue weighted by molar-refractivity contribution is -0.255. The van der Waals surface area contributed by atoms with Gasteiger partial charge in [-0.25, -0.2) is 4.68 Å². The number of carboxylic acid groups (broad SMARTS) is 1. The summed E-state index contributed by atoms with van der Waals surface area (Å²) in [5, 5.41) is 15.4. The van der Waals surface area contributed by atoms with Crippen molar-refractivity contribution < 1.29 is 14.6 Å². The van der Waals surface area contributed by atoms with Crippen molar-refractivity contribution in [1.82, 2.24) is 9.78 Å². The average Bonchev–Trinajstić information content (AvgIpc) is 3.07. The van der Waals surface area contributed by atoms with Crippen molar-refractivity contribution in [3.05, 3.63) is 116 Å². The lowest BCUT2D eigenvalue weighted by Crippen LogP contribution is -2.34. The van der Waals surface area contributed by atoms with Crippen LogP contribution in [0.2, 0.25) is 0 Å². The van der Waals surface area contributed by atoms with Crippen LogP contribution in [0.15, 0.2) is 83.7 Å². The first-order valence-electron chi connectivity index (χ1n) is 9.62. The van der Waals surface area contributed by atoms with Crippen molar-refractivity contribution in [2.24, 2.45) is 0 Å². The molecule has 4 aromatic rings. The van der Waals surface area contributed by atoms with E-state index in [2.05, 4.69) is 11.7 Å². The van der Waals surface area contributed by atoms with Crippen molar-refractivity contribution in [1.29, 1.82) is 0 Å². The summed E-state index contributed by atoms with van der Waals surface area (Å²) in [7, 11) is 0. The summed E-state index contributed by atoms with van der Waals surface area (Å²) in [6.07, 6.45) is 1.59. The number of carbonyl (C=O) groups is 1. The van der Waals surface area contributed by atoms with E-state index in [1.807, 2.05) is 48.5 Å². The van der Waals surface area contributed by atoms with Crippen LogP contribution in [0.4, 0.5) is 0 Å². The van der Waals surface area contributed by atoms with Crippen molar-refractivity contribution in [3.8, 4) is 11.4 Å². The Balaban J connectivity index is 1.70. The SMILES string of the molecule is C=c1[nH]n(-c2ccccc2)c(=O)/c1=C\c1ccc(OCc2ccccc2)c(C(=O)[O-])c1. The number of nitrogens with one attached hydrogen (secondary N) is 1. The van der Waals surface area contributed by atoms with Crippen LogP contribution in [0.25, 0.3) is 18.3 Å². The average molecular weight is 411 g/mol. The van der Waals surface area contributed by atoms with Crippen molar-refractivity contribution in [3.63, 3.8) is 0 Å². The topological polar surface area (TPSA) is 87.2 Å². The number of rotatable bonds is 6. The van der Waals surface area contributed by atoms with Crippen LogP contribution in [0.5, 0.6) is 5.75 Å². The number of carbonyl (C=O) groups excluding carboxylic acids is 1. The van der Waals surface area contributed by atoms with Crippen molar-refractivity contribution in [2.75, 3.05) is 0 Å². The number of carboxylic acids is 1. The summed E-state index contributed by atoms with van der Waals surface area (Å²) in [5.74, 6) is -1.16. The fraction of sp³-hybridized carbons (Fsp3) is 0.0400. The van der Waals surface area contributed by atoms with Gasteiger partial charge < -0.3 is 14.6 Å². The Morgan fingerprint density at radius 2 is 1.71 bits per heavy atom. The van der Waals surface area contributed by atoms with Crippen LogP contribution < -0.4 is 26.0 Å². The van der Waals surface area contributed by atoms with E-state index in [0.717, 1.165) is 5.56 Å². The maximum atomic E-state index is 12.8. The summed E-state index contributed by atoms with van der Waals surface area (Å²) in [5.41, 5.74) is 1.74. The number of hydrogen-bond donors (Lipinski definition) is 1. The Bertz CT molecular complexity index is 1390. The Labute approximate surface area is 178 Å². The van der Waals surface area contributed by atoms with Crippen LogP contribution in [0.1, 0.15) is 21.5 Å². The molecule has 0 spiro atoms. The molecule has 1 aromatic heterocycles. The monoisotopic (exact) mass is 411 g/mol. The Morgan fingerprint density at radius 3 is 2.39 bits per heavy atom. The number of nitrogens with zero attached hydrogens (tertiary/aromatic N) is 1. The molecule has 1 N–H and O–H groups in total. The number of benzene rings is 3. The lowest BCUT2D eigenvalue weighted by Gasteiger charge is -2.13. The van der Waals surface area contributed by atoms with Crippen LogP contribution in [0.3, 0.4) is 0 Å². The minimum Gasteiger partial charge on any atom is -0.545 e. The minimum atomic E-state index is -1.36. The van der Waals surface area contributed by atoms with E-state index >= 15 is 0 Å². The van der Waals surface area contributed by atoms with Gasteiger partial charge in [-0.3, -0.25) is 9.89 Å². The highest BCUT2D eigenvalue weighted by Crippen LogP contribution is 2.21. The Morgan fingerprint density at radius 1 is 1.03 bits per heavy atom. The van der Waals surface area contributed by atoms with Gasteiger partial charge in [0.05, 0.1) is 22.2 Å². The van der Waals surface area contributed by atoms with Gasteiger partial charge in [0.15, 0.2) is 0 Å². The first kappa shape index (κ1) is 20.0. The quantitative estimate of drug-likeness (QED) is 0.519. The maximum Gasteiger partial charge on any atom is 0.279 e. The van der Waals surface area contributed by atoms with E-state index < -0.39 is 5.97 Å². The van der Waals surface area contributed by atoms with Gasteiger partial charge in [0, 0.05) is 5.56 Å². The molecular weight excluding hydrogens is 392 g/mol. The standard InChI is InChI=1S/C25H20N2O4/c1-17-21(24(28)27(26-17)20-10-6-3-7-11-20)14-19-12-13-23(22(15-19)25(29)30)31-16-18-8-4-2-5-9-18/h2-15,26H,1,16H2,(H,29,30)/p-1/b21-14-. The fourth-order valence-corrected chi connectivity index (χ4v) is 3.23. The molecule has 6 nitrogen and oxygen atoms in total. The zero-order valence-electron chi connectivity index (χ0n) is 16.6. The van der Waals surface area contributed by atoms with Gasteiger partial charge in [-0.15, -0.1) is 0 Å². The van der Waals surface area contributed by atoms with E-state index in [9.17, 15) is 14.7 Å². The number of hydrogen-bond acceptors (Lipinski definition) is 4. The summed E-state index contributed by atoms with van der Waals surface area (Å²) in [4.78, 5) is 24.5. The predicted octanol–water partition coefficient (Wildman–Crippen LogP) is 1.35. The number of aromatic amines is 1. The van der Waals surface area contributed by atoms with Crippen LogP contribution in [-0.4, -0.2) is 15.7 Å². The maximum absolute atomic E-state index is 12.8. The molecule has 0 bridgehead atoms. The first-order valence-corrected chi connectivity index (χ1v) is 9.62. The molecular formula is C25H19N2O4-. The molecule has 0 fully saturated rings. The molecule has 0 saturated heterocycles. The predicted molar refractivity (Wildman–Crippen MR) is 116 cm³/mol. The highest BCUT2D eigenvalue weighted by molar-refractivity contribution is 5.90. The summed E-state index contributed by atoms with van der Waals surface area (Å²) < 4.78 is 7.07. The molecule has 0 saturated carbocycles. The second-order valence-electron chi connectivity index (χ2n) is 6.94. The van der Waals surface area contributed by atoms with Gasteiger partial charge in [-0.05, 0) is 41.5 Å². The number of para-hydroxylation sites is 1. The number of aromatic carboxylic acids is 1. The van der Waals surface area contributed by atoms with E-state index in [0.29, 0.717) is 21.8 Å². The molecule has 4 rings (SSSR count). The smallest absolute Gasteiger partial charge is 0.279 e. The second kappa shape index (κ2) is 8.59. The van der Waals surface area contributed by atoms with Crippen molar-refractivity contribution in [2.45, 2.75) is 6.61 Å². The summed E-state index contributed by atoms with van der Waals surface area (Å²) in [6.45, 7) is 4.13. The molecule has 0 unspecified atom stereocenters. The van der Waals surface area contributed by atoms with Gasteiger partial charge >= 0.3 is 0 Å². The van der Waals surface area contributed by atoms with Gasteiger partial charge in [-0.1, -0.05) is 61.2 Å². The zero-order chi connectivity index (χ0) is 21.8. The van der Waals surface area contributed by atoms with Gasteiger partial charge in [0.25, 0.3) is 5.56 Å². The molecule has 0 aliphatic carbocycles. The lowest BCUT2D eigenvalue weighted by atomic mass is 10.1. The molecule has 0 radical (unpaired) electrons. The summed E-state index contributed by atoms with van der Waals surface area (Å²) >= 11 is 0. The Hall–Kier alpha value is -4.32. The van der Waals surface area contributed by atoms with E-state index in [4.69, 9.17) is 4.74 Å². The molecule has 0 amide bonds. The first-order chi connectivity index (χ1) is 15.0. The van der Waals surface area contributed by atoms with Crippen LogP contribution in [-0.2, 0) is 6.61 Å². The summed E-state index contributed by atoms with van der Waals surface area (Å²) in [6, 6.07) is 23.2. The van der Waals surface area contributed by atoms with Crippen molar-refractivity contribution >= 4 is 18.6 Å².